The summed E-state index contributed by atoms with van der Waals surface area (Å²) in [5, 5.41) is 30.5. The number of benzene rings is 8. The minimum Gasteiger partial charge on any atom is -0.396 e. The maximum atomic E-state index is 13.1. The van der Waals surface area contributed by atoms with Gasteiger partial charge in [0.05, 0.1) is 18.6 Å². The van der Waals surface area contributed by atoms with E-state index in [9.17, 15) is 29.0 Å². The molecule has 55 heavy (non-hydrogen) atoms. The topological polar surface area (TPSA) is 145 Å². The summed E-state index contributed by atoms with van der Waals surface area (Å²) in [6, 6.07) is 38.3. The van der Waals surface area contributed by atoms with Crippen LogP contribution in [0.2, 0.25) is 0 Å². The third-order valence-corrected chi connectivity index (χ3v) is 11.6. The quantitative estimate of drug-likeness (QED) is 0.0495. The van der Waals surface area contributed by atoms with Gasteiger partial charge >= 0.3 is 7.82 Å². The van der Waals surface area contributed by atoms with Gasteiger partial charge in [-0.1, -0.05) is 109 Å². The van der Waals surface area contributed by atoms with Crippen molar-refractivity contribution in [2.45, 2.75) is 38.5 Å². The number of aliphatic hydroxyl groups excluding tert-OH is 1. The number of hydrogen-bond acceptors (Lipinski definition) is 5. The van der Waals surface area contributed by atoms with Crippen LogP contribution < -0.4 is 10.6 Å². The highest BCUT2D eigenvalue weighted by Crippen LogP contribution is 2.39. The zero-order valence-electron chi connectivity index (χ0n) is 30.4. The van der Waals surface area contributed by atoms with Gasteiger partial charge < -0.3 is 25.5 Å². The van der Waals surface area contributed by atoms with Gasteiger partial charge in [0.1, 0.15) is 0 Å². The van der Waals surface area contributed by atoms with Crippen molar-refractivity contribution in [1.29, 1.82) is 0 Å². The van der Waals surface area contributed by atoms with Crippen molar-refractivity contribution >= 4 is 84.3 Å². The van der Waals surface area contributed by atoms with Crippen molar-refractivity contribution in [3.05, 3.63) is 120 Å². The molecule has 0 heterocycles. The van der Waals surface area contributed by atoms with Crippen LogP contribution in [0.1, 0.15) is 36.8 Å². The van der Waals surface area contributed by atoms with E-state index in [1.165, 1.54) is 64.6 Å². The molecule has 8 rings (SSSR count). The summed E-state index contributed by atoms with van der Waals surface area (Å²) in [6.45, 7) is -1.45. The Kier molecular flexibility index (Phi) is 10.2. The van der Waals surface area contributed by atoms with E-state index in [1.54, 1.807) is 0 Å². The Balaban J connectivity index is 0.874. The molecule has 0 saturated carbocycles. The normalized spacial score (nSPS) is 12.6. The summed E-state index contributed by atoms with van der Waals surface area (Å²) >= 11 is 0. The van der Waals surface area contributed by atoms with Crippen LogP contribution in [0.5, 0.6) is 0 Å². The van der Waals surface area contributed by atoms with Crippen LogP contribution in [0.4, 0.5) is 0 Å². The molecule has 0 radical (unpaired) electrons. The number of phosphoric acid groups is 1. The molecule has 8 aromatic carbocycles. The van der Waals surface area contributed by atoms with Gasteiger partial charge in [-0.3, -0.25) is 14.1 Å². The van der Waals surface area contributed by atoms with Crippen molar-refractivity contribution in [3.63, 3.8) is 0 Å². The standard InChI is InChI=1S/C45H43N2O7P/c48-27-45(28-54-55(51,52)53,25-46-39(49)11-3-5-29-13-15-35-19-17-31-7-1-9-33-21-23-37(29)43(35)41(31)33)26-47-40(50)12-4-6-30-14-16-36-20-18-32-8-2-10-34-22-24-38(30)44(36)42(32)34/h1-2,7-10,13-24,48H,3-6,11-12,25-28H2,(H,46,49)(H,47,50)(H2,51,52,53). The summed E-state index contributed by atoms with van der Waals surface area (Å²) in [4.78, 5) is 45.0. The number of aliphatic hydroxyl groups is 1. The molecule has 8 aromatic rings. The number of rotatable bonds is 16. The minimum absolute atomic E-state index is 0.149. The van der Waals surface area contributed by atoms with E-state index >= 15 is 0 Å². The molecule has 0 spiro atoms. The molecular weight excluding hydrogens is 711 g/mol. The lowest BCUT2D eigenvalue weighted by Crippen LogP contribution is -2.50. The summed E-state index contributed by atoms with van der Waals surface area (Å²) in [5.74, 6) is -0.544. The molecule has 280 valence electrons. The minimum atomic E-state index is -4.90. The highest BCUT2D eigenvalue weighted by molar-refractivity contribution is 7.46. The number of amides is 2. The predicted molar refractivity (Wildman–Crippen MR) is 220 cm³/mol. The van der Waals surface area contributed by atoms with E-state index in [-0.39, 0.29) is 37.7 Å². The second-order valence-corrected chi connectivity index (χ2v) is 16.1. The van der Waals surface area contributed by atoms with E-state index in [0.29, 0.717) is 25.7 Å². The van der Waals surface area contributed by atoms with Gasteiger partial charge in [-0.15, -0.1) is 0 Å². The molecule has 0 aliphatic carbocycles. The fourth-order valence-corrected chi connectivity index (χ4v) is 8.64. The number of nitrogens with one attached hydrogen (secondary N) is 2. The number of hydrogen-bond donors (Lipinski definition) is 5. The number of carbonyl (C=O) groups is 2. The van der Waals surface area contributed by atoms with E-state index in [4.69, 9.17) is 4.52 Å². The zero-order chi connectivity index (χ0) is 38.2. The Labute approximate surface area is 318 Å². The Morgan fingerprint density at radius 1 is 0.564 bits per heavy atom. The van der Waals surface area contributed by atoms with Gasteiger partial charge in [0.15, 0.2) is 0 Å². The second-order valence-electron chi connectivity index (χ2n) is 14.8. The number of aryl methyl sites for hydroxylation is 2. The molecule has 0 aliphatic rings. The van der Waals surface area contributed by atoms with Crippen LogP contribution >= 0.6 is 7.82 Å². The number of phosphoric ester groups is 1. The molecule has 9 nitrogen and oxygen atoms in total. The van der Waals surface area contributed by atoms with Crippen LogP contribution in [0.3, 0.4) is 0 Å². The van der Waals surface area contributed by atoms with Crippen molar-refractivity contribution in [1.82, 2.24) is 10.6 Å². The van der Waals surface area contributed by atoms with Gasteiger partial charge in [0, 0.05) is 25.9 Å². The van der Waals surface area contributed by atoms with Gasteiger partial charge in [0.25, 0.3) is 0 Å². The fraction of sp³-hybridized carbons (Fsp3) is 0.244. The van der Waals surface area contributed by atoms with Crippen molar-refractivity contribution < 1.29 is 33.6 Å². The van der Waals surface area contributed by atoms with Crippen molar-refractivity contribution in [2.24, 2.45) is 5.41 Å². The molecule has 0 atom stereocenters. The molecule has 0 saturated heterocycles. The lowest BCUT2D eigenvalue weighted by atomic mass is 9.89. The van der Waals surface area contributed by atoms with E-state index in [0.717, 1.165) is 11.1 Å². The van der Waals surface area contributed by atoms with Crippen LogP contribution in [-0.2, 0) is 31.5 Å². The molecule has 0 bridgehead atoms. The smallest absolute Gasteiger partial charge is 0.396 e. The van der Waals surface area contributed by atoms with E-state index in [1.807, 2.05) is 0 Å². The summed E-state index contributed by atoms with van der Waals surface area (Å²) in [6.07, 6.45) is 2.92. The van der Waals surface area contributed by atoms with Crippen LogP contribution in [0.15, 0.2) is 109 Å². The van der Waals surface area contributed by atoms with Crippen molar-refractivity contribution in [2.75, 3.05) is 26.3 Å². The third kappa shape index (κ3) is 7.59. The van der Waals surface area contributed by atoms with Gasteiger partial charge in [-0.2, -0.15) is 0 Å². The van der Waals surface area contributed by atoms with Gasteiger partial charge in [0.2, 0.25) is 11.8 Å². The molecular formula is C45H43N2O7P. The first kappa shape index (κ1) is 36.8. The average molecular weight is 755 g/mol. The Morgan fingerprint density at radius 2 is 0.945 bits per heavy atom. The SMILES string of the molecule is O=C(CCCc1ccc2ccc3cccc4ccc1c2c34)NCC(CO)(CNC(=O)CCCc1ccc2ccc3cccc4ccc1c2c34)COP(=O)(O)O. The monoisotopic (exact) mass is 754 g/mol. The highest BCUT2D eigenvalue weighted by Gasteiger charge is 2.34. The van der Waals surface area contributed by atoms with E-state index < -0.39 is 26.5 Å². The molecule has 0 unspecified atom stereocenters. The zero-order valence-corrected chi connectivity index (χ0v) is 31.3. The molecule has 2 amide bonds. The first-order valence-electron chi connectivity index (χ1n) is 18.8. The molecule has 0 fully saturated rings. The van der Waals surface area contributed by atoms with Crippen LogP contribution in [-0.4, -0.2) is 53.0 Å². The second kappa shape index (κ2) is 15.2. The third-order valence-electron chi connectivity index (χ3n) is 11.1. The summed E-state index contributed by atoms with van der Waals surface area (Å²) in [5.41, 5.74) is 0.949. The Hall–Kier alpha value is -5.15. The van der Waals surface area contributed by atoms with Crippen LogP contribution in [0, 0.1) is 5.41 Å². The summed E-state index contributed by atoms with van der Waals surface area (Å²) in [7, 11) is -4.90. The maximum Gasteiger partial charge on any atom is 0.469 e. The number of carbonyl (C=O) groups excluding carboxylic acids is 2. The van der Waals surface area contributed by atoms with E-state index in [2.05, 4.69) is 120 Å². The molecule has 0 aromatic heterocycles. The Morgan fingerprint density at radius 3 is 1.35 bits per heavy atom. The Bertz CT molecular complexity index is 2520. The largest absolute Gasteiger partial charge is 0.469 e. The average Bonchev–Trinajstić information content (AvgIpc) is 3.19. The van der Waals surface area contributed by atoms with Crippen molar-refractivity contribution in [3.8, 4) is 0 Å². The first-order valence-corrected chi connectivity index (χ1v) is 20.3. The molecule has 5 N–H and O–H groups in total. The predicted octanol–water partition coefficient (Wildman–Crippen LogP) is 8.15. The maximum absolute atomic E-state index is 13.1. The molecule has 10 heteroatoms. The van der Waals surface area contributed by atoms with Gasteiger partial charge in [-0.25, -0.2) is 4.57 Å². The first-order chi connectivity index (χ1) is 26.6. The fourth-order valence-electron chi connectivity index (χ4n) is 8.20. The lowest BCUT2D eigenvalue weighted by Gasteiger charge is -2.32. The van der Waals surface area contributed by atoms with Crippen LogP contribution in [0.25, 0.3) is 64.6 Å². The highest BCUT2D eigenvalue weighted by atomic mass is 31.2. The lowest BCUT2D eigenvalue weighted by molar-refractivity contribution is -0.122. The van der Waals surface area contributed by atoms with Gasteiger partial charge in [-0.05, 0) is 101 Å². The summed E-state index contributed by atoms with van der Waals surface area (Å²) < 4.78 is 16.5. The molecule has 0 aliphatic heterocycles.